The molecule has 3 aromatic rings. The van der Waals surface area contributed by atoms with Crippen molar-refractivity contribution < 1.29 is 39.9 Å². The van der Waals surface area contributed by atoms with Crippen molar-refractivity contribution in [3.8, 4) is 17.6 Å². The Morgan fingerprint density at radius 3 is 2.27 bits per heavy atom. The Bertz CT molecular complexity index is 1560. The fourth-order valence-corrected chi connectivity index (χ4v) is 6.90. The lowest BCUT2D eigenvalue weighted by molar-refractivity contribution is -0.185. The fourth-order valence-electron chi connectivity index (χ4n) is 6.90. The van der Waals surface area contributed by atoms with Gasteiger partial charge in [0.15, 0.2) is 5.82 Å². The highest BCUT2D eigenvalue weighted by Crippen LogP contribution is 2.42. The lowest BCUT2D eigenvalue weighted by atomic mass is 9.69. The van der Waals surface area contributed by atoms with Gasteiger partial charge in [-0.1, -0.05) is 57.4 Å². The van der Waals surface area contributed by atoms with Crippen LogP contribution in [0.4, 0.5) is 35.1 Å². The molecular weight excluding hydrogens is 588 g/mol. The largest absolute Gasteiger partial charge is 0.458 e. The van der Waals surface area contributed by atoms with Crippen LogP contribution in [0.3, 0.4) is 0 Å². The SMILES string of the molecule is CCCCCC1CCC(C2CCc3cc(C(F)(F)Oc4cc(F)c5c(F)c(C#CC(F)(F)F)c(F)cc5c4)ccc3C2)CC1. The molecule has 1 atom stereocenters. The molecule has 0 N–H and O–H groups in total. The summed E-state index contributed by atoms with van der Waals surface area (Å²) in [6, 6.07) is 6.20. The van der Waals surface area contributed by atoms with Crippen LogP contribution >= 0.6 is 0 Å². The summed E-state index contributed by atoms with van der Waals surface area (Å²) in [5.74, 6) is -1.20. The van der Waals surface area contributed by atoms with Gasteiger partial charge in [0.1, 0.15) is 17.4 Å². The summed E-state index contributed by atoms with van der Waals surface area (Å²) in [7, 11) is 0. The van der Waals surface area contributed by atoms with E-state index in [4.69, 9.17) is 4.74 Å². The van der Waals surface area contributed by atoms with Crippen LogP contribution in [-0.4, -0.2) is 6.18 Å². The minimum atomic E-state index is -5.03. The highest BCUT2D eigenvalue weighted by atomic mass is 19.4. The number of fused-ring (bicyclic) bond motifs is 2. The molecular formula is C35H34F8O. The van der Waals surface area contributed by atoms with Crippen LogP contribution in [0.15, 0.2) is 36.4 Å². The zero-order valence-electron chi connectivity index (χ0n) is 24.4. The molecule has 0 bridgehead atoms. The molecule has 9 heteroatoms. The van der Waals surface area contributed by atoms with Gasteiger partial charge in [-0.25, -0.2) is 13.2 Å². The Hall–Kier alpha value is -3.28. The van der Waals surface area contributed by atoms with Crippen molar-refractivity contribution >= 4 is 10.8 Å². The van der Waals surface area contributed by atoms with Gasteiger partial charge in [0.2, 0.25) is 0 Å². The first-order valence-corrected chi connectivity index (χ1v) is 15.2. The minimum Gasteiger partial charge on any atom is -0.429 e. The van der Waals surface area contributed by atoms with E-state index in [0.717, 1.165) is 41.9 Å². The van der Waals surface area contributed by atoms with Crippen LogP contribution in [0.25, 0.3) is 10.8 Å². The summed E-state index contributed by atoms with van der Waals surface area (Å²) >= 11 is 0. The van der Waals surface area contributed by atoms with E-state index >= 15 is 8.78 Å². The summed E-state index contributed by atoms with van der Waals surface area (Å²) in [6.45, 7) is 2.22. The Kier molecular flexibility index (Phi) is 9.48. The number of aryl methyl sites for hydroxylation is 1. The monoisotopic (exact) mass is 622 g/mol. The third kappa shape index (κ3) is 7.33. The minimum absolute atomic E-state index is 0.432. The van der Waals surface area contributed by atoms with Crippen LogP contribution in [0, 0.1) is 47.0 Å². The highest BCUT2D eigenvalue weighted by molar-refractivity contribution is 5.87. The number of benzene rings is 3. The fraction of sp³-hybridized carbons (Fsp3) is 0.486. The van der Waals surface area contributed by atoms with Crippen LogP contribution in [-0.2, 0) is 19.0 Å². The lowest BCUT2D eigenvalue weighted by Crippen LogP contribution is -2.27. The van der Waals surface area contributed by atoms with E-state index in [-0.39, 0.29) is 0 Å². The Morgan fingerprint density at radius 1 is 0.818 bits per heavy atom. The van der Waals surface area contributed by atoms with E-state index < -0.39 is 57.4 Å². The number of halogens is 8. The number of hydrogen-bond donors (Lipinski definition) is 0. The molecule has 1 fully saturated rings. The maximum atomic E-state index is 15.3. The van der Waals surface area contributed by atoms with Crippen LogP contribution in [0.2, 0.25) is 0 Å². The third-order valence-electron chi connectivity index (χ3n) is 9.21. The number of ether oxygens (including phenoxy) is 1. The van der Waals surface area contributed by atoms with Crippen molar-refractivity contribution in [1.29, 1.82) is 0 Å². The van der Waals surface area contributed by atoms with E-state index in [9.17, 15) is 26.3 Å². The molecule has 236 valence electrons. The molecule has 1 saturated carbocycles. The summed E-state index contributed by atoms with van der Waals surface area (Å²) in [5.41, 5.74) is 0.145. The van der Waals surface area contributed by atoms with Gasteiger partial charge in [-0.2, -0.15) is 22.0 Å². The van der Waals surface area contributed by atoms with Gasteiger partial charge < -0.3 is 4.74 Å². The van der Waals surface area contributed by atoms with Crippen LogP contribution < -0.4 is 4.74 Å². The maximum absolute atomic E-state index is 15.3. The summed E-state index contributed by atoms with van der Waals surface area (Å²) in [6.07, 6.45) is 3.64. The van der Waals surface area contributed by atoms with Gasteiger partial charge in [-0.3, -0.25) is 0 Å². The standard InChI is InChI=1S/C35H34F8O/c1-2-3-4-5-21-6-8-22(9-7-21)23-10-11-25-17-27(13-12-24(25)16-23)35(42,43)44-28-18-26-19-30(36)29(14-15-34(39,40)41)33(38)32(26)31(37)20-28/h12-13,17-23H,2-11,16H2,1H3. The average molecular weight is 623 g/mol. The Balaban J connectivity index is 1.28. The maximum Gasteiger partial charge on any atom is 0.458 e. The van der Waals surface area contributed by atoms with Gasteiger partial charge in [0.05, 0.1) is 16.5 Å². The second kappa shape index (κ2) is 13.0. The zero-order chi connectivity index (χ0) is 31.6. The van der Waals surface area contributed by atoms with E-state index in [1.165, 1.54) is 69.4 Å². The number of hydrogen-bond acceptors (Lipinski definition) is 1. The summed E-state index contributed by atoms with van der Waals surface area (Å²) in [5, 5.41) is -1.39. The molecule has 0 spiro atoms. The molecule has 2 aliphatic carbocycles. The van der Waals surface area contributed by atoms with Crippen LogP contribution in [0.1, 0.15) is 87.0 Å². The molecule has 44 heavy (non-hydrogen) atoms. The molecule has 1 unspecified atom stereocenters. The van der Waals surface area contributed by atoms with Gasteiger partial charge in [0, 0.05) is 12.0 Å². The van der Waals surface area contributed by atoms with Gasteiger partial charge >= 0.3 is 12.3 Å². The first-order valence-electron chi connectivity index (χ1n) is 15.2. The normalized spacial score (nSPS) is 20.6. The third-order valence-corrected chi connectivity index (χ3v) is 9.21. The Labute approximate surface area is 252 Å². The molecule has 0 saturated heterocycles. The first-order chi connectivity index (χ1) is 20.8. The molecule has 1 nitrogen and oxygen atoms in total. The topological polar surface area (TPSA) is 9.23 Å². The second-order valence-corrected chi connectivity index (χ2v) is 12.2. The van der Waals surface area contributed by atoms with E-state index in [0.29, 0.717) is 30.4 Å². The van der Waals surface area contributed by atoms with Crippen LogP contribution in [0.5, 0.6) is 5.75 Å². The number of rotatable bonds is 8. The molecule has 5 rings (SSSR count). The van der Waals surface area contributed by atoms with Crippen molar-refractivity contribution in [2.45, 2.75) is 89.8 Å². The second-order valence-electron chi connectivity index (χ2n) is 12.2. The molecule has 0 amide bonds. The van der Waals surface area contributed by atoms with Crippen molar-refractivity contribution in [3.05, 3.63) is 76.1 Å². The average Bonchev–Trinajstić information content (AvgIpc) is 2.96. The number of alkyl halides is 5. The van der Waals surface area contributed by atoms with Gasteiger partial charge in [-0.05, 0) is 90.6 Å². The predicted molar refractivity (Wildman–Crippen MR) is 153 cm³/mol. The predicted octanol–water partition coefficient (Wildman–Crippen LogP) is 10.8. The molecule has 0 heterocycles. The lowest BCUT2D eigenvalue weighted by Gasteiger charge is -2.37. The molecule has 0 aliphatic heterocycles. The molecule has 0 aromatic heterocycles. The van der Waals surface area contributed by atoms with E-state index in [2.05, 4.69) is 6.92 Å². The zero-order valence-corrected chi connectivity index (χ0v) is 24.4. The van der Waals surface area contributed by atoms with Crippen molar-refractivity contribution in [1.82, 2.24) is 0 Å². The quantitative estimate of drug-likeness (QED) is 0.138. The smallest absolute Gasteiger partial charge is 0.429 e. The molecule has 2 aliphatic rings. The molecule has 0 radical (unpaired) electrons. The summed E-state index contributed by atoms with van der Waals surface area (Å²) in [4.78, 5) is 0. The van der Waals surface area contributed by atoms with Crippen molar-refractivity contribution in [2.24, 2.45) is 17.8 Å². The van der Waals surface area contributed by atoms with Crippen molar-refractivity contribution in [3.63, 3.8) is 0 Å². The number of unbranched alkanes of at least 4 members (excludes halogenated alkanes) is 2. The van der Waals surface area contributed by atoms with E-state index in [1.807, 2.05) is 0 Å². The molecule has 3 aromatic carbocycles. The van der Waals surface area contributed by atoms with E-state index in [1.54, 1.807) is 6.07 Å². The first kappa shape index (κ1) is 32.1. The van der Waals surface area contributed by atoms with Gasteiger partial charge in [-0.15, -0.1) is 0 Å². The highest BCUT2D eigenvalue weighted by Gasteiger charge is 2.37. The Morgan fingerprint density at radius 2 is 1.57 bits per heavy atom. The van der Waals surface area contributed by atoms with Gasteiger partial charge in [0.25, 0.3) is 0 Å². The summed E-state index contributed by atoms with van der Waals surface area (Å²) < 4.78 is 117. The van der Waals surface area contributed by atoms with Crippen molar-refractivity contribution in [2.75, 3.05) is 0 Å².